The van der Waals surface area contributed by atoms with E-state index in [0.29, 0.717) is 5.92 Å². The van der Waals surface area contributed by atoms with E-state index in [0.717, 1.165) is 32.1 Å². The summed E-state index contributed by atoms with van der Waals surface area (Å²) in [5.74, 6) is 1.53. The summed E-state index contributed by atoms with van der Waals surface area (Å²) in [6, 6.07) is 0. The van der Waals surface area contributed by atoms with Gasteiger partial charge < -0.3 is 14.6 Å². The lowest BCUT2D eigenvalue weighted by molar-refractivity contribution is 0.0194. The van der Waals surface area contributed by atoms with E-state index < -0.39 is 0 Å². The Bertz CT molecular complexity index is 304. The topological polar surface area (TPSA) is 52.0 Å². The Morgan fingerprint density at radius 2 is 2.53 bits per heavy atom. The fraction of sp³-hybridized carbons (Fsp3) is 0.800. The van der Waals surface area contributed by atoms with Crippen LogP contribution in [0.25, 0.3) is 0 Å². The summed E-state index contributed by atoms with van der Waals surface area (Å²) >= 11 is 0. The van der Waals surface area contributed by atoms with Gasteiger partial charge in [0.1, 0.15) is 12.4 Å². The monoisotopic (exact) mass is 210 g/mol. The van der Waals surface area contributed by atoms with E-state index >= 15 is 0 Å². The summed E-state index contributed by atoms with van der Waals surface area (Å²) in [6.07, 6.45) is 1.84. The summed E-state index contributed by atoms with van der Waals surface area (Å²) in [6.45, 7) is 7.82. The minimum atomic E-state index is 0.0556. The second kappa shape index (κ2) is 4.72. The fourth-order valence-corrected chi connectivity index (χ4v) is 1.78. The van der Waals surface area contributed by atoms with Crippen LogP contribution in [0.2, 0.25) is 0 Å². The van der Waals surface area contributed by atoms with Gasteiger partial charge in [-0.3, -0.25) is 0 Å². The van der Waals surface area contributed by atoms with Gasteiger partial charge in [-0.05, 0) is 5.92 Å². The molecule has 84 valence electrons. The van der Waals surface area contributed by atoms with E-state index in [1.165, 1.54) is 0 Å². The van der Waals surface area contributed by atoms with Gasteiger partial charge in [0.05, 0.1) is 6.61 Å². The van der Waals surface area contributed by atoms with Crippen LogP contribution in [0, 0.1) is 5.92 Å². The van der Waals surface area contributed by atoms with Crippen LogP contribution in [0.5, 0.6) is 0 Å². The molecule has 5 heteroatoms. The van der Waals surface area contributed by atoms with Crippen molar-refractivity contribution in [2.24, 2.45) is 5.92 Å². The van der Waals surface area contributed by atoms with E-state index in [2.05, 4.69) is 33.9 Å². The highest BCUT2D eigenvalue weighted by atomic mass is 16.5. The first kappa shape index (κ1) is 10.6. The van der Waals surface area contributed by atoms with Crippen molar-refractivity contribution in [2.45, 2.75) is 26.5 Å². The molecule has 0 radical (unpaired) electrons. The van der Waals surface area contributed by atoms with Crippen molar-refractivity contribution in [3.63, 3.8) is 0 Å². The predicted molar refractivity (Wildman–Crippen MR) is 56.4 cm³/mol. The maximum atomic E-state index is 5.66. The zero-order chi connectivity index (χ0) is 10.7. The average molecular weight is 210 g/mol. The Hall–Kier alpha value is -0.940. The number of rotatable bonds is 3. The molecule has 1 N–H and O–H groups in total. The molecule has 1 fully saturated rings. The molecule has 0 amide bonds. The van der Waals surface area contributed by atoms with Crippen LogP contribution in [0.15, 0.2) is 6.33 Å². The highest BCUT2D eigenvalue weighted by Crippen LogP contribution is 2.16. The SMILES string of the molecule is CC(C)Cn1cnnc1C1CNCCO1. The Kier molecular flexibility index (Phi) is 3.33. The van der Waals surface area contributed by atoms with Crippen molar-refractivity contribution in [1.29, 1.82) is 0 Å². The first-order valence-corrected chi connectivity index (χ1v) is 5.47. The van der Waals surface area contributed by atoms with Crippen LogP contribution in [0.3, 0.4) is 0 Å². The zero-order valence-corrected chi connectivity index (χ0v) is 9.31. The van der Waals surface area contributed by atoms with Crippen LogP contribution < -0.4 is 5.32 Å². The molecule has 1 aromatic rings. The Balaban J connectivity index is 2.09. The summed E-state index contributed by atoms with van der Waals surface area (Å²) in [5, 5.41) is 11.4. The first-order chi connectivity index (χ1) is 7.27. The minimum Gasteiger partial charge on any atom is -0.368 e. The van der Waals surface area contributed by atoms with Gasteiger partial charge in [0, 0.05) is 19.6 Å². The molecule has 0 aromatic carbocycles. The highest BCUT2D eigenvalue weighted by molar-refractivity contribution is 4.94. The molecular formula is C10H18N4O. The van der Waals surface area contributed by atoms with Crippen LogP contribution in [-0.4, -0.2) is 34.5 Å². The van der Waals surface area contributed by atoms with E-state index in [-0.39, 0.29) is 6.10 Å². The second-order valence-corrected chi connectivity index (χ2v) is 4.30. The molecule has 1 unspecified atom stereocenters. The van der Waals surface area contributed by atoms with E-state index in [1.54, 1.807) is 6.33 Å². The molecule has 15 heavy (non-hydrogen) atoms. The maximum Gasteiger partial charge on any atom is 0.163 e. The van der Waals surface area contributed by atoms with Gasteiger partial charge in [-0.25, -0.2) is 0 Å². The standard InChI is InChI=1S/C10H18N4O/c1-8(2)6-14-7-12-13-10(14)9-5-11-3-4-15-9/h7-9,11H,3-6H2,1-2H3. The number of aromatic nitrogens is 3. The molecule has 0 bridgehead atoms. The Morgan fingerprint density at radius 1 is 1.67 bits per heavy atom. The highest BCUT2D eigenvalue weighted by Gasteiger charge is 2.21. The molecule has 0 aliphatic carbocycles. The molecule has 1 saturated heterocycles. The summed E-state index contributed by atoms with van der Waals surface area (Å²) < 4.78 is 7.74. The maximum absolute atomic E-state index is 5.66. The zero-order valence-electron chi connectivity index (χ0n) is 9.31. The minimum absolute atomic E-state index is 0.0556. The summed E-state index contributed by atoms with van der Waals surface area (Å²) in [4.78, 5) is 0. The number of ether oxygens (including phenoxy) is 1. The summed E-state index contributed by atoms with van der Waals surface area (Å²) in [7, 11) is 0. The third kappa shape index (κ3) is 2.54. The number of hydrogen-bond acceptors (Lipinski definition) is 4. The van der Waals surface area contributed by atoms with Crippen molar-refractivity contribution in [1.82, 2.24) is 20.1 Å². The average Bonchev–Trinajstić information content (AvgIpc) is 2.66. The van der Waals surface area contributed by atoms with Crippen LogP contribution in [0.4, 0.5) is 0 Å². The quantitative estimate of drug-likeness (QED) is 0.793. The third-order valence-corrected chi connectivity index (χ3v) is 2.42. The molecule has 2 rings (SSSR count). The van der Waals surface area contributed by atoms with Crippen LogP contribution in [-0.2, 0) is 11.3 Å². The lowest BCUT2D eigenvalue weighted by Crippen LogP contribution is -2.34. The van der Waals surface area contributed by atoms with Crippen molar-refractivity contribution < 1.29 is 4.74 Å². The number of nitrogens with one attached hydrogen (secondary N) is 1. The van der Waals surface area contributed by atoms with E-state index in [1.807, 2.05) is 0 Å². The third-order valence-electron chi connectivity index (χ3n) is 2.42. The van der Waals surface area contributed by atoms with Crippen molar-refractivity contribution in [3.05, 3.63) is 12.2 Å². The number of morpholine rings is 1. The molecule has 1 aliphatic rings. The molecule has 0 saturated carbocycles. The lowest BCUT2D eigenvalue weighted by Gasteiger charge is -2.23. The molecule has 1 aliphatic heterocycles. The largest absolute Gasteiger partial charge is 0.368 e. The molecule has 0 spiro atoms. The molecule has 2 heterocycles. The fourth-order valence-electron chi connectivity index (χ4n) is 1.78. The van der Waals surface area contributed by atoms with Crippen molar-refractivity contribution in [3.8, 4) is 0 Å². The van der Waals surface area contributed by atoms with Gasteiger partial charge in [-0.2, -0.15) is 0 Å². The van der Waals surface area contributed by atoms with Gasteiger partial charge in [-0.1, -0.05) is 13.8 Å². The van der Waals surface area contributed by atoms with Gasteiger partial charge in [0.15, 0.2) is 5.82 Å². The molecule has 1 atom stereocenters. The van der Waals surface area contributed by atoms with E-state index in [4.69, 9.17) is 4.74 Å². The van der Waals surface area contributed by atoms with E-state index in [9.17, 15) is 0 Å². The summed E-state index contributed by atoms with van der Waals surface area (Å²) in [5.41, 5.74) is 0. The predicted octanol–water partition coefficient (Wildman–Crippen LogP) is 0.595. The van der Waals surface area contributed by atoms with Gasteiger partial charge >= 0.3 is 0 Å². The Morgan fingerprint density at radius 3 is 3.20 bits per heavy atom. The van der Waals surface area contributed by atoms with Gasteiger partial charge in [0.2, 0.25) is 0 Å². The van der Waals surface area contributed by atoms with Crippen molar-refractivity contribution >= 4 is 0 Å². The smallest absolute Gasteiger partial charge is 0.163 e. The van der Waals surface area contributed by atoms with Crippen molar-refractivity contribution in [2.75, 3.05) is 19.7 Å². The molecule has 1 aromatic heterocycles. The van der Waals surface area contributed by atoms with Crippen LogP contribution in [0.1, 0.15) is 25.8 Å². The molecule has 5 nitrogen and oxygen atoms in total. The second-order valence-electron chi connectivity index (χ2n) is 4.30. The molecular weight excluding hydrogens is 192 g/mol. The van der Waals surface area contributed by atoms with Gasteiger partial charge in [0.25, 0.3) is 0 Å². The number of nitrogens with zero attached hydrogens (tertiary/aromatic N) is 3. The van der Waals surface area contributed by atoms with Gasteiger partial charge in [-0.15, -0.1) is 10.2 Å². The normalized spacial score (nSPS) is 22.2. The number of hydrogen-bond donors (Lipinski definition) is 1. The lowest BCUT2D eigenvalue weighted by atomic mass is 10.2. The first-order valence-electron chi connectivity index (χ1n) is 5.47. The van der Waals surface area contributed by atoms with Crippen LogP contribution >= 0.6 is 0 Å². The Labute approximate surface area is 89.8 Å².